The van der Waals surface area contributed by atoms with Crippen LogP contribution in [0, 0.1) is 6.92 Å². The molecule has 6 heteroatoms. The van der Waals surface area contributed by atoms with Crippen molar-refractivity contribution in [3.63, 3.8) is 0 Å². The van der Waals surface area contributed by atoms with Crippen LogP contribution in [-0.4, -0.2) is 38.4 Å². The van der Waals surface area contributed by atoms with Crippen molar-refractivity contribution in [3.05, 3.63) is 11.9 Å². The van der Waals surface area contributed by atoms with Gasteiger partial charge in [-0.1, -0.05) is 11.8 Å². The second kappa shape index (κ2) is 6.85. The Hall–Kier alpha value is -0.620. The molecule has 0 fully saturated rings. The first-order valence-corrected chi connectivity index (χ1v) is 7.38. The number of rotatable bonds is 7. The van der Waals surface area contributed by atoms with Crippen LogP contribution in [0.25, 0.3) is 0 Å². The molecule has 1 heterocycles. The summed E-state index contributed by atoms with van der Waals surface area (Å²) in [5.74, 6) is 0.376. The molecular weight excluding hydrogens is 244 g/mol. The third kappa shape index (κ3) is 4.09. The van der Waals surface area contributed by atoms with Crippen LogP contribution in [0.5, 0.6) is 0 Å². The minimum absolute atomic E-state index is 0.0684. The summed E-state index contributed by atoms with van der Waals surface area (Å²) in [6, 6.07) is 0. The number of thioether (sulfide) groups is 2. The summed E-state index contributed by atoms with van der Waals surface area (Å²) in [4.78, 5) is 14.7. The summed E-state index contributed by atoms with van der Waals surface area (Å²) in [7, 11) is 0. The summed E-state index contributed by atoms with van der Waals surface area (Å²) >= 11 is 3.10. The smallest absolute Gasteiger partial charge is 0.313 e. The van der Waals surface area contributed by atoms with Gasteiger partial charge in [-0.15, -0.1) is 0 Å². The van der Waals surface area contributed by atoms with Gasteiger partial charge in [0, 0.05) is 18.4 Å². The van der Waals surface area contributed by atoms with Crippen LogP contribution in [0.4, 0.5) is 0 Å². The lowest BCUT2D eigenvalue weighted by atomic mass is 10.4. The van der Waals surface area contributed by atoms with Gasteiger partial charge in [-0.3, -0.25) is 4.79 Å². The minimum Gasteiger partial charge on any atom is -0.481 e. The summed E-state index contributed by atoms with van der Waals surface area (Å²) in [6.45, 7) is 2.91. The number of aromatic nitrogens is 2. The van der Waals surface area contributed by atoms with E-state index in [0.717, 1.165) is 29.6 Å². The summed E-state index contributed by atoms with van der Waals surface area (Å²) in [5.41, 5.74) is 1.09. The molecule has 0 saturated heterocycles. The van der Waals surface area contributed by atoms with E-state index in [1.165, 1.54) is 11.8 Å². The highest BCUT2D eigenvalue weighted by molar-refractivity contribution is 7.99. The van der Waals surface area contributed by atoms with Gasteiger partial charge in [-0.05, 0) is 25.4 Å². The van der Waals surface area contributed by atoms with Gasteiger partial charge in [-0.2, -0.15) is 11.8 Å². The second-order valence-corrected chi connectivity index (χ2v) is 5.29. The van der Waals surface area contributed by atoms with Gasteiger partial charge in [0.2, 0.25) is 0 Å². The number of imidazole rings is 1. The molecule has 16 heavy (non-hydrogen) atoms. The first-order chi connectivity index (χ1) is 7.65. The molecule has 1 aromatic rings. The first kappa shape index (κ1) is 13.4. The lowest BCUT2D eigenvalue weighted by Gasteiger charge is -2.08. The molecule has 0 radical (unpaired) electrons. The van der Waals surface area contributed by atoms with Gasteiger partial charge in [0.25, 0.3) is 0 Å². The molecule has 0 unspecified atom stereocenters. The second-order valence-electron chi connectivity index (χ2n) is 3.36. The topological polar surface area (TPSA) is 55.1 Å². The number of aliphatic carboxylic acids is 1. The molecule has 0 aliphatic carbocycles. The number of carboxylic acids is 1. The molecule has 0 aliphatic heterocycles. The van der Waals surface area contributed by atoms with Crippen LogP contribution in [0.2, 0.25) is 0 Å². The van der Waals surface area contributed by atoms with Crippen LogP contribution >= 0.6 is 23.5 Å². The van der Waals surface area contributed by atoms with Gasteiger partial charge in [0.15, 0.2) is 5.16 Å². The average Bonchev–Trinajstić information content (AvgIpc) is 2.58. The Morgan fingerprint density at radius 2 is 2.38 bits per heavy atom. The van der Waals surface area contributed by atoms with Crippen molar-refractivity contribution in [2.24, 2.45) is 0 Å². The predicted molar refractivity (Wildman–Crippen MR) is 68.3 cm³/mol. The number of aryl methyl sites for hydroxylation is 1. The third-order valence-electron chi connectivity index (χ3n) is 2.07. The van der Waals surface area contributed by atoms with E-state index in [-0.39, 0.29) is 5.75 Å². The molecule has 1 aromatic heterocycles. The lowest BCUT2D eigenvalue weighted by molar-refractivity contribution is -0.133. The van der Waals surface area contributed by atoms with Crippen molar-refractivity contribution >= 4 is 29.5 Å². The van der Waals surface area contributed by atoms with E-state index < -0.39 is 5.97 Å². The van der Waals surface area contributed by atoms with Crippen molar-refractivity contribution in [2.45, 2.75) is 25.0 Å². The Kier molecular flexibility index (Phi) is 5.76. The molecule has 1 N–H and O–H groups in total. The van der Waals surface area contributed by atoms with Crippen LogP contribution in [0.1, 0.15) is 12.1 Å². The van der Waals surface area contributed by atoms with Crippen molar-refractivity contribution in [1.82, 2.24) is 9.55 Å². The van der Waals surface area contributed by atoms with E-state index in [1.54, 1.807) is 6.20 Å². The fourth-order valence-electron chi connectivity index (χ4n) is 1.32. The van der Waals surface area contributed by atoms with Crippen molar-refractivity contribution < 1.29 is 9.90 Å². The molecule has 4 nitrogen and oxygen atoms in total. The van der Waals surface area contributed by atoms with E-state index in [9.17, 15) is 4.79 Å². The largest absolute Gasteiger partial charge is 0.481 e. The number of hydrogen-bond donors (Lipinski definition) is 1. The van der Waals surface area contributed by atoms with Gasteiger partial charge in [0.1, 0.15) is 0 Å². The minimum atomic E-state index is -0.804. The Morgan fingerprint density at radius 1 is 1.62 bits per heavy atom. The van der Waals surface area contributed by atoms with Gasteiger partial charge < -0.3 is 9.67 Å². The molecule has 90 valence electrons. The maximum absolute atomic E-state index is 10.5. The molecule has 1 rings (SSSR count). The Morgan fingerprint density at radius 3 is 3.00 bits per heavy atom. The lowest BCUT2D eigenvalue weighted by Crippen LogP contribution is -2.05. The number of carboxylic acid groups (broad SMARTS) is 1. The molecule has 0 spiro atoms. The summed E-state index contributed by atoms with van der Waals surface area (Å²) in [6.07, 6.45) is 4.96. The van der Waals surface area contributed by atoms with Gasteiger partial charge >= 0.3 is 5.97 Å². The number of carbonyl (C=O) groups is 1. The molecule has 0 amide bonds. The third-order valence-corrected chi connectivity index (χ3v) is 3.75. The van der Waals surface area contributed by atoms with Crippen molar-refractivity contribution in [1.29, 1.82) is 0 Å². The zero-order chi connectivity index (χ0) is 12.0. The number of hydrogen-bond acceptors (Lipinski definition) is 4. The molecular formula is C10H16N2O2S2. The number of nitrogens with zero attached hydrogens (tertiary/aromatic N) is 2. The fourth-order valence-corrected chi connectivity index (χ4v) is 2.51. The van der Waals surface area contributed by atoms with E-state index in [0.29, 0.717) is 0 Å². The highest BCUT2D eigenvalue weighted by Crippen LogP contribution is 2.18. The van der Waals surface area contributed by atoms with Crippen molar-refractivity contribution in [3.8, 4) is 0 Å². The zero-order valence-corrected chi connectivity index (χ0v) is 11.1. The fraction of sp³-hybridized carbons (Fsp3) is 0.600. The van der Waals surface area contributed by atoms with Crippen LogP contribution < -0.4 is 0 Å². The summed E-state index contributed by atoms with van der Waals surface area (Å²) < 4.78 is 2.09. The maximum atomic E-state index is 10.5. The SMILES string of the molecule is CSCCCn1c(C)cnc1SCC(=O)O. The highest BCUT2D eigenvalue weighted by atomic mass is 32.2. The van der Waals surface area contributed by atoms with E-state index in [4.69, 9.17) is 5.11 Å². The maximum Gasteiger partial charge on any atom is 0.313 e. The van der Waals surface area contributed by atoms with Crippen LogP contribution in [-0.2, 0) is 11.3 Å². The quantitative estimate of drug-likeness (QED) is 0.601. The molecule has 0 atom stereocenters. The predicted octanol–water partition coefficient (Wildman–Crippen LogP) is 2.12. The first-order valence-electron chi connectivity index (χ1n) is 5.00. The van der Waals surface area contributed by atoms with E-state index in [1.807, 2.05) is 18.7 Å². The van der Waals surface area contributed by atoms with Gasteiger partial charge in [0.05, 0.1) is 5.75 Å². The molecule has 0 saturated carbocycles. The van der Waals surface area contributed by atoms with E-state index >= 15 is 0 Å². The molecule has 0 bridgehead atoms. The van der Waals surface area contributed by atoms with Crippen LogP contribution in [0.3, 0.4) is 0 Å². The normalized spacial score (nSPS) is 10.6. The standard InChI is InChI=1S/C10H16N2O2S2/c1-8-6-11-10(16-7-9(13)14)12(8)4-3-5-15-2/h6H,3-5,7H2,1-2H3,(H,13,14). The highest BCUT2D eigenvalue weighted by Gasteiger charge is 2.08. The Labute approximate surface area is 104 Å². The zero-order valence-electron chi connectivity index (χ0n) is 9.47. The average molecular weight is 260 g/mol. The molecule has 0 aromatic carbocycles. The van der Waals surface area contributed by atoms with E-state index in [2.05, 4.69) is 15.8 Å². The Bertz CT molecular complexity index is 353. The van der Waals surface area contributed by atoms with Gasteiger partial charge in [-0.25, -0.2) is 4.98 Å². The van der Waals surface area contributed by atoms with Crippen molar-refractivity contribution in [2.75, 3.05) is 17.8 Å². The van der Waals surface area contributed by atoms with Crippen LogP contribution in [0.15, 0.2) is 11.4 Å². The summed E-state index contributed by atoms with van der Waals surface area (Å²) in [5, 5.41) is 9.43. The monoisotopic (exact) mass is 260 g/mol. The Balaban J connectivity index is 2.58. The molecule has 0 aliphatic rings.